The second kappa shape index (κ2) is 9.71. The largest absolute Gasteiger partial charge is 0.458 e. The molecule has 2 aliphatic heterocycles. The Labute approximate surface area is 269 Å². The van der Waals surface area contributed by atoms with Crippen LogP contribution in [0, 0.1) is 0 Å². The normalized spacial score (nSPS) is 14.0. The second-order valence-electron chi connectivity index (χ2n) is 12.4. The summed E-state index contributed by atoms with van der Waals surface area (Å²) in [4.78, 5) is 0. The Kier molecular flexibility index (Phi) is 5.43. The predicted octanol–water partition coefficient (Wildman–Crippen LogP) is 5.10. The number of fused-ring (bicyclic) bond motifs is 7. The van der Waals surface area contributed by atoms with E-state index >= 15 is 0 Å². The van der Waals surface area contributed by atoms with Crippen molar-refractivity contribution in [3.63, 3.8) is 0 Å². The van der Waals surface area contributed by atoms with E-state index in [0.29, 0.717) is 0 Å². The van der Waals surface area contributed by atoms with E-state index in [9.17, 15) is 0 Å². The molecule has 0 bridgehead atoms. The van der Waals surface area contributed by atoms with E-state index in [4.69, 9.17) is 4.74 Å². The molecule has 8 aromatic rings. The number of rotatable bonds is 3. The van der Waals surface area contributed by atoms with Crippen molar-refractivity contribution in [2.75, 3.05) is 0 Å². The molecule has 46 heavy (non-hydrogen) atoms. The van der Waals surface area contributed by atoms with Crippen molar-refractivity contribution >= 4 is 73.7 Å². The van der Waals surface area contributed by atoms with Crippen LogP contribution < -0.4 is 41.9 Å². The molecule has 3 heterocycles. The minimum Gasteiger partial charge on any atom is -0.458 e. The van der Waals surface area contributed by atoms with Gasteiger partial charge < -0.3 is 9.30 Å². The fourth-order valence-electron chi connectivity index (χ4n) is 8.44. The van der Waals surface area contributed by atoms with Crippen LogP contribution in [-0.2, 0) is 0 Å². The van der Waals surface area contributed by atoms with Crippen LogP contribution in [0.4, 0.5) is 0 Å². The smallest absolute Gasteiger partial charge is 0.250 e. The second-order valence-corrected chi connectivity index (χ2v) is 16.1. The number of benzene rings is 7. The fraction of sp³-hybridized carbons (Fsp3) is 0. The molecular weight excluding hydrogens is 573 g/mol. The van der Waals surface area contributed by atoms with Gasteiger partial charge in [-0.15, -0.1) is 0 Å². The zero-order valence-electron chi connectivity index (χ0n) is 25.1. The third-order valence-corrected chi connectivity index (χ3v) is 15.1. The van der Waals surface area contributed by atoms with Crippen LogP contribution in [0.15, 0.2) is 170 Å². The van der Waals surface area contributed by atoms with E-state index in [2.05, 4.69) is 174 Å². The first-order chi connectivity index (χ1) is 22.8. The summed E-state index contributed by atoms with van der Waals surface area (Å²) in [5.41, 5.74) is 7.43. The SMILES string of the molecule is c1ccc([Si]2(c3ccccc3)c3ccccc3B3c4ccc(-n5c6ccccc6c6ccccc65)cc4Oc4cccc2c43)cc1. The molecule has 0 radical (unpaired) electrons. The lowest BCUT2D eigenvalue weighted by atomic mass is 9.35. The third kappa shape index (κ3) is 3.37. The Morgan fingerprint density at radius 3 is 1.74 bits per heavy atom. The van der Waals surface area contributed by atoms with Crippen molar-refractivity contribution in [2.24, 2.45) is 0 Å². The Morgan fingerprint density at radius 2 is 1.04 bits per heavy atom. The molecule has 0 atom stereocenters. The third-order valence-electron chi connectivity index (χ3n) is 10.2. The lowest BCUT2D eigenvalue weighted by Gasteiger charge is -2.44. The summed E-state index contributed by atoms with van der Waals surface area (Å²) in [6, 6.07) is 62.6. The zero-order valence-corrected chi connectivity index (χ0v) is 26.1. The molecule has 1 aromatic heterocycles. The number of para-hydroxylation sites is 2. The van der Waals surface area contributed by atoms with E-state index in [1.165, 1.54) is 58.9 Å². The molecule has 0 saturated carbocycles. The van der Waals surface area contributed by atoms with Gasteiger partial charge in [0.15, 0.2) is 8.07 Å². The molecule has 2 aliphatic rings. The first kappa shape index (κ1) is 25.7. The van der Waals surface area contributed by atoms with Crippen molar-refractivity contribution in [3.05, 3.63) is 170 Å². The van der Waals surface area contributed by atoms with Gasteiger partial charge in [0.1, 0.15) is 11.5 Å². The molecule has 4 heteroatoms. The molecule has 0 spiro atoms. The highest BCUT2D eigenvalue weighted by Crippen LogP contribution is 2.34. The monoisotopic (exact) mass is 601 g/mol. The summed E-state index contributed by atoms with van der Waals surface area (Å²) in [6.07, 6.45) is 0. The van der Waals surface area contributed by atoms with Gasteiger partial charge in [-0.3, -0.25) is 0 Å². The van der Waals surface area contributed by atoms with Crippen molar-refractivity contribution in [1.29, 1.82) is 0 Å². The summed E-state index contributed by atoms with van der Waals surface area (Å²) in [5.74, 6) is 1.89. The molecule has 0 unspecified atom stereocenters. The van der Waals surface area contributed by atoms with Crippen molar-refractivity contribution < 1.29 is 4.74 Å². The summed E-state index contributed by atoms with van der Waals surface area (Å²) in [5, 5.41) is 8.19. The van der Waals surface area contributed by atoms with E-state index in [1.807, 2.05) is 0 Å². The van der Waals surface area contributed by atoms with Gasteiger partial charge in [0.2, 0.25) is 0 Å². The number of nitrogens with zero attached hydrogens (tertiary/aromatic N) is 1. The number of hydrogen-bond acceptors (Lipinski definition) is 1. The highest BCUT2D eigenvalue weighted by atomic mass is 28.3. The first-order valence-electron chi connectivity index (χ1n) is 16.0. The van der Waals surface area contributed by atoms with Crippen LogP contribution in [-0.4, -0.2) is 19.4 Å². The molecule has 0 amide bonds. The molecule has 214 valence electrons. The quantitative estimate of drug-likeness (QED) is 0.257. The van der Waals surface area contributed by atoms with Gasteiger partial charge in [-0.1, -0.05) is 145 Å². The average Bonchev–Trinajstić information content (AvgIpc) is 3.46. The van der Waals surface area contributed by atoms with Crippen LogP contribution in [0.3, 0.4) is 0 Å². The topological polar surface area (TPSA) is 14.2 Å². The highest BCUT2D eigenvalue weighted by molar-refractivity contribution is 7.26. The molecule has 0 aliphatic carbocycles. The van der Waals surface area contributed by atoms with E-state index < -0.39 is 8.07 Å². The van der Waals surface area contributed by atoms with Gasteiger partial charge >= 0.3 is 0 Å². The number of hydrogen-bond donors (Lipinski definition) is 0. The molecule has 0 fully saturated rings. The predicted molar refractivity (Wildman–Crippen MR) is 196 cm³/mol. The Bertz CT molecular complexity index is 2380. The van der Waals surface area contributed by atoms with E-state index in [-0.39, 0.29) is 6.71 Å². The summed E-state index contributed by atoms with van der Waals surface area (Å²) >= 11 is 0. The van der Waals surface area contributed by atoms with Gasteiger partial charge in [0.05, 0.1) is 11.0 Å². The van der Waals surface area contributed by atoms with Crippen molar-refractivity contribution in [2.45, 2.75) is 0 Å². The van der Waals surface area contributed by atoms with Gasteiger partial charge in [0.25, 0.3) is 6.71 Å². The molecule has 0 saturated heterocycles. The van der Waals surface area contributed by atoms with Crippen molar-refractivity contribution in [3.8, 4) is 17.2 Å². The van der Waals surface area contributed by atoms with E-state index in [0.717, 1.165) is 17.2 Å². The molecule has 10 rings (SSSR count). The van der Waals surface area contributed by atoms with Gasteiger partial charge in [-0.2, -0.15) is 0 Å². The Hall–Kier alpha value is -5.58. The number of aromatic nitrogens is 1. The molecule has 0 N–H and O–H groups in total. The summed E-state index contributed by atoms with van der Waals surface area (Å²) in [7, 11) is -2.65. The lowest BCUT2D eigenvalue weighted by Crippen LogP contribution is -2.87. The van der Waals surface area contributed by atoms with Gasteiger partial charge in [-0.05, 0) is 55.9 Å². The lowest BCUT2D eigenvalue weighted by molar-refractivity contribution is 0.487. The average molecular weight is 602 g/mol. The van der Waals surface area contributed by atoms with E-state index in [1.54, 1.807) is 0 Å². The first-order valence-corrected chi connectivity index (χ1v) is 18.0. The maximum absolute atomic E-state index is 6.98. The summed E-state index contributed by atoms with van der Waals surface area (Å²) in [6.45, 7) is 0.0893. The minimum atomic E-state index is -2.65. The van der Waals surface area contributed by atoms with Crippen LogP contribution >= 0.6 is 0 Å². The summed E-state index contributed by atoms with van der Waals surface area (Å²) < 4.78 is 9.35. The maximum atomic E-state index is 6.98. The molecule has 2 nitrogen and oxygen atoms in total. The molecule has 7 aromatic carbocycles. The van der Waals surface area contributed by atoms with Crippen LogP contribution in [0.2, 0.25) is 0 Å². The standard InChI is InChI=1S/C42H28BNOSi/c1-3-14-30(15-4-1)46(31-16-5-2-6-17-31)40-24-12-9-20-35(40)43-34-27-26-29(28-39(34)45-38-23-13-25-41(46)42(38)43)44-36-21-10-7-18-32(36)33-19-8-11-22-37(33)44/h1-28H. The van der Waals surface area contributed by atoms with Gasteiger partial charge in [-0.25, -0.2) is 0 Å². The Balaban J connectivity index is 1.24. The zero-order chi connectivity index (χ0) is 30.2. The minimum absolute atomic E-state index is 0.0893. The van der Waals surface area contributed by atoms with Crippen molar-refractivity contribution in [1.82, 2.24) is 4.57 Å². The van der Waals surface area contributed by atoms with Crippen LogP contribution in [0.5, 0.6) is 11.5 Å². The fourth-order valence-corrected chi connectivity index (χ4v) is 13.7. The Morgan fingerprint density at radius 1 is 0.457 bits per heavy atom. The number of ether oxygens (including phenoxy) is 1. The molecular formula is C42H28BNOSi. The van der Waals surface area contributed by atoms with Crippen LogP contribution in [0.25, 0.3) is 27.5 Å². The van der Waals surface area contributed by atoms with Crippen LogP contribution in [0.1, 0.15) is 0 Å². The van der Waals surface area contributed by atoms with Gasteiger partial charge in [0, 0.05) is 22.5 Å². The maximum Gasteiger partial charge on any atom is 0.250 e. The highest BCUT2D eigenvalue weighted by Gasteiger charge is 2.52.